The average molecular weight is 250 g/mol. The molecule has 0 spiro atoms. The second kappa shape index (κ2) is 5.42. The lowest BCUT2D eigenvalue weighted by Crippen LogP contribution is -2.36. The minimum Gasteiger partial charge on any atom is -0.391 e. The highest BCUT2D eigenvalue weighted by Crippen LogP contribution is 2.32. The van der Waals surface area contributed by atoms with E-state index in [1.807, 2.05) is 0 Å². The van der Waals surface area contributed by atoms with Gasteiger partial charge in [-0.1, -0.05) is 26.7 Å². The van der Waals surface area contributed by atoms with E-state index in [4.69, 9.17) is 5.73 Å². The Labute approximate surface area is 107 Å². The molecule has 1 aliphatic carbocycles. The number of hydrogen-bond acceptors (Lipinski definition) is 4. The zero-order valence-electron chi connectivity index (χ0n) is 11.1. The number of anilines is 2. The van der Waals surface area contributed by atoms with Crippen LogP contribution < -0.4 is 16.6 Å². The molecule has 5 heteroatoms. The van der Waals surface area contributed by atoms with Crippen LogP contribution in [0.15, 0.2) is 11.1 Å². The zero-order valence-corrected chi connectivity index (χ0v) is 11.1. The van der Waals surface area contributed by atoms with Crippen LogP contribution in [-0.2, 0) is 0 Å². The van der Waals surface area contributed by atoms with Crippen LogP contribution in [0.1, 0.15) is 39.5 Å². The van der Waals surface area contributed by atoms with Crippen LogP contribution in [0.3, 0.4) is 0 Å². The lowest BCUT2D eigenvalue weighted by molar-refractivity contribution is 0.253. The van der Waals surface area contributed by atoms with Gasteiger partial charge in [0.15, 0.2) is 5.82 Å². The summed E-state index contributed by atoms with van der Waals surface area (Å²) in [5.41, 5.74) is 5.66. The molecular formula is C13H22N4O. The Hall–Kier alpha value is -1.52. The summed E-state index contributed by atoms with van der Waals surface area (Å²) in [6.07, 6.45) is 6.27. The van der Waals surface area contributed by atoms with Crippen molar-refractivity contribution < 1.29 is 0 Å². The van der Waals surface area contributed by atoms with Gasteiger partial charge in [0.2, 0.25) is 0 Å². The Morgan fingerprint density at radius 1 is 1.44 bits per heavy atom. The Morgan fingerprint density at radius 3 is 2.89 bits per heavy atom. The molecule has 1 heterocycles. The highest BCUT2D eigenvalue weighted by molar-refractivity contribution is 5.59. The molecule has 1 aromatic heterocycles. The van der Waals surface area contributed by atoms with Crippen molar-refractivity contribution in [1.82, 2.24) is 9.97 Å². The van der Waals surface area contributed by atoms with Crippen molar-refractivity contribution in [3.63, 3.8) is 0 Å². The van der Waals surface area contributed by atoms with Gasteiger partial charge in [0.05, 0.1) is 6.33 Å². The summed E-state index contributed by atoms with van der Waals surface area (Å²) < 4.78 is 0. The first kappa shape index (κ1) is 12.9. The summed E-state index contributed by atoms with van der Waals surface area (Å²) >= 11 is 0. The fourth-order valence-electron chi connectivity index (χ4n) is 2.84. The van der Waals surface area contributed by atoms with Gasteiger partial charge in [-0.05, 0) is 24.7 Å². The van der Waals surface area contributed by atoms with Gasteiger partial charge in [0.1, 0.15) is 5.69 Å². The number of nitrogen functional groups attached to an aromatic ring is 1. The molecule has 0 saturated heterocycles. The maximum atomic E-state index is 11.4. The molecule has 0 aromatic carbocycles. The summed E-state index contributed by atoms with van der Waals surface area (Å²) in [7, 11) is 0. The van der Waals surface area contributed by atoms with Gasteiger partial charge in [0, 0.05) is 6.04 Å². The van der Waals surface area contributed by atoms with E-state index in [0.717, 1.165) is 6.42 Å². The van der Waals surface area contributed by atoms with Crippen molar-refractivity contribution >= 4 is 11.5 Å². The number of rotatable bonds is 3. The largest absolute Gasteiger partial charge is 0.391 e. The summed E-state index contributed by atoms with van der Waals surface area (Å²) in [5.74, 6) is 1.78. The molecule has 2 unspecified atom stereocenters. The van der Waals surface area contributed by atoms with E-state index in [2.05, 4.69) is 29.1 Å². The number of hydrogen-bond donors (Lipinski definition) is 3. The molecule has 1 aliphatic rings. The predicted octanol–water partition coefficient (Wildman–Crippen LogP) is 1.98. The third-order valence-corrected chi connectivity index (χ3v) is 3.89. The van der Waals surface area contributed by atoms with E-state index < -0.39 is 0 Å². The lowest BCUT2D eigenvalue weighted by Gasteiger charge is -2.35. The third kappa shape index (κ3) is 2.66. The maximum absolute atomic E-state index is 11.4. The summed E-state index contributed by atoms with van der Waals surface area (Å²) in [6, 6.07) is 0.371. The molecule has 0 aliphatic heterocycles. The number of aromatic nitrogens is 2. The van der Waals surface area contributed by atoms with Gasteiger partial charge in [-0.2, -0.15) is 0 Å². The Balaban J connectivity index is 2.16. The molecule has 0 radical (unpaired) electrons. The normalized spacial score (nSPS) is 24.2. The molecule has 4 N–H and O–H groups in total. The van der Waals surface area contributed by atoms with Gasteiger partial charge in [-0.25, -0.2) is 4.98 Å². The van der Waals surface area contributed by atoms with Crippen molar-refractivity contribution in [2.45, 2.75) is 45.6 Å². The van der Waals surface area contributed by atoms with Crippen LogP contribution in [0.2, 0.25) is 0 Å². The molecule has 18 heavy (non-hydrogen) atoms. The highest BCUT2D eigenvalue weighted by atomic mass is 16.1. The minimum atomic E-state index is -0.274. The molecule has 2 atom stereocenters. The summed E-state index contributed by atoms with van der Waals surface area (Å²) in [5, 5.41) is 3.37. The minimum absolute atomic E-state index is 0.186. The van der Waals surface area contributed by atoms with Gasteiger partial charge < -0.3 is 16.0 Å². The predicted molar refractivity (Wildman–Crippen MR) is 73.5 cm³/mol. The van der Waals surface area contributed by atoms with Crippen LogP contribution in [0.4, 0.5) is 11.5 Å². The van der Waals surface area contributed by atoms with Crippen molar-refractivity contribution in [3.05, 3.63) is 16.7 Å². The van der Waals surface area contributed by atoms with E-state index in [0.29, 0.717) is 23.7 Å². The van der Waals surface area contributed by atoms with Crippen LogP contribution >= 0.6 is 0 Å². The first-order valence-corrected chi connectivity index (χ1v) is 6.69. The van der Waals surface area contributed by atoms with Crippen LogP contribution in [-0.4, -0.2) is 16.0 Å². The number of aromatic amines is 1. The Kier molecular flexibility index (Phi) is 3.89. The summed E-state index contributed by atoms with van der Waals surface area (Å²) in [6.45, 7) is 4.50. The maximum Gasteiger partial charge on any atom is 0.276 e. The van der Waals surface area contributed by atoms with E-state index in [1.165, 1.54) is 25.6 Å². The molecular weight excluding hydrogens is 228 g/mol. The van der Waals surface area contributed by atoms with Gasteiger partial charge in [-0.15, -0.1) is 0 Å². The van der Waals surface area contributed by atoms with Crippen LogP contribution in [0.25, 0.3) is 0 Å². The van der Waals surface area contributed by atoms with Crippen LogP contribution in [0.5, 0.6) is 0 Å². The van der Waals surface area contributed by atoms with E-state index in [1.54, 1.807) is 0 Å². The average Bonchev–Trinajstić information content (AvgIpc) is 2.35. The fraction of sp³-hybridized carbons (Fsp3) is 0.692. The van der Waals surface area contributed by atoms with E-state index >= 15 is 0 Å². The van der Waals surface area contributed by atoms with Gasteiger partial charge in [-0.3, -0.25) is 4.79 Å². The molecule has 5 nitrogen and oxygen atoms in total. The van der Waals surface area contributed by atoms with E-state index in [9.17, 15) is 4.79 Å². The van der Waals surface area contributed by atoms with Crippen molar-refractivity contribution in [2.75, 3.05) is 11.1 Å². The molecule has 2 rings (SSSR count). The van der Waals surface area contributed by atoms with Gasteiger partial charge >= 0.3 is 0 Å². The lowest BCUT2D eigenvalue weighted by atomic mass is 9.78. The standard InChI is InChI=1S/C13H22N4O/c1-8(2)9-5-3-4-6-10(9)17-12-11(14)13(18)16-7-15-12/h7-10H,3-6,14H2,1-2H3,(H2,15,16,17,18). The number of H-pyrrole nitrogens is 1. The summed E-state index contributed by atoms with van der Waals surface area (Å²) in [4.78, 5) is 18.1. The van der Waals surface area contributed by atoms with Crippen LogP contribution in [0, 0.1) is 11.8 Å². The highest BCUT2D eigenvalue weighted by Gasteiger charge is 2.28. The molecule has 1 aromatic rings. The number of nitrogens with one attached hydrogen (secondary N) is 2. The second-order valence-corrected chi connectivity index (χ2v) is 5.44. The smallest absolute Gasteiger partial charge is 0.276 e. The Morgan fingerprint density at radius 2 is 2.17 bits per heavy atom. The molecule has 1 fully saturated rings. The number of nitrogens with two attached hydrogens (primary N) is 1. The first-order chi connectivity index (χ1) is 8.59. The zero-order chi connectivity index (χ0) is 13.1. The van der Waals surface area contributed by atoms with Crippen molar-refractivity contribution in [1.29, 1.82) is 0 Å². The topological polar surface area (TPSA) is 83.8 Å². The Bertz CT molecular complexity index is 455. The SMILES string of the molecule is CC(C)C1CCCCC1Nc1nc[nH]c(=O)c1N. The molecule has 0 amide bonds. The number of nitrogens with zero attached hydrogens (tertiary/aromatic N) is 1. The molecule has 100 valence electrons. The molecule has 0 bridgehead atoms. The van der Waals surface area contributed by atoms with Crippen molar-refractivity contribution in [3.8, 4) is 0 Å². The van der Waals surface area contributed by atoms with Crippen molar-refractivity contribution in [2.24, 2.45) is 11.8 Å². The van der Waals surface area contributed by atoms with E-state index in [-0.39, 0.29) is 11.2 Å². The quantitative estimate of drug-likeness (QED) is 0.766. The monoisotopic (exact) mass is 250 g/mol. The third-order valence-electron chi connectivity index (χ3n) is 3.89. The second-order valence-electron chi connectivity index (χ2n) is 5.44. The fourth-order valence-corrected chi connectivity index (χ4v) is 2.84. The first-order valence-electron chi connectivity index (χ1n) is 6.69. The van der Waals surface area contributed by atoms with Gasteiger partial charge in [0.25, 0.3) is 5.56 Å². The molecule has 1 saturated carbocycles.